The van der Waals surface area contributed by atoms with Gasteiger partial charge in [-0.05, 0) is 26.2 Å². The van der Waals surface area contributed by atoms with Gasteiger partial charge in [0.15, 0.2) is 5.96 Å². The molecule has 0 aromatic rings. The van der Waals surface area contributed by atoms with Gasteiger partial charge < -0.3 is 15.4 Å². The number of nitrogens with one attached hydrogen (secondary N) is 2. The van der Waals surface area contributed by atoms with Gasteiger partial charge in [-0.15, -0.1) is 24.0 Å². The van der Waals surface area contributed by atoms with E-state index in [1.165, 1.54) is 6.42 Å². The molecule has 0 radical (unpaired) electrons. The van der Waals surface area contributed by atoms with E-state index >= 15 is 0 Å². The Balaban J connectivity index is 0.00000192. The smallest absolute Gasteiger partial charge is 0.377 e. The van der Waals surface area contributed by atoms with Crippen LogP contribution in [0.3, 0.4) is 0 Å². The van der Waals surface area contributed by atoms with Gasteiger partial charge in [-0.1, -0.05) is 6.42 Å². The quantitative estimate of drug-likeness (QED) is 0.396. The summed E-state index contributed by atoms with van der Waals surface area (Å²) in [6.07, 6.45) is -0.150. The molecule has 0 amide bonds. The summed E-state index contributed by atoms with van der Waals surface area (Å²) in [5.41, 5.74) is 0.196. The summed E-state index contributed by atoms with van der Waals surface area (Å²) in [6.45, 7) is 3.13. The summed E-state index contributed by atoms with van der Waals surface area (Å²) in [5, 5.41) is 6.46. The first kappa shape index (κ1) is 19.1. The van der Waals surface area contributed by atoms with E-state index < -0.39 is 12.6 Å². The van der Waals surface area contributed by atoms with Crippen LogP contribution in [0.25, 0.3) is 0 Å². The number of nitrogens with zero attached hydrogens (tertiary/aromatic N) is 1. The second-order valence-corrected chi connectivity index (χ2v) is 6.58. The molecule has 4 nitrogen and oxygen atoms in total. The number of hydrogen-bond donors (Lipinski definition) is 2. The van der Waals surface area contributed by atoms with Gasteiger partial charge in [0.1, 0.15) is 0 Å². The van der Waals surface area contributed by atoms with Crippen molar-refractivity contribution in [2.45, 2.75) is 57.3 Å². The van der Waals surface area contributed by atoms with Crippen molar-refractivity contribution >= 4 is 29.9 Å². The minimum Gasteiger partial charge on any atom is -0.377 e. The van der Waals surface area contributed by atoms with Gasteiger partial charge in [0, 0.05) is 30.5 Å². The average molecular weight is 447 g/mol. The zero-order valence-corrected chi connectivity index (χ0v) is 15.6. The molecule has 3 rings (SSSR count). The van der Waals surface area contributed by atoms with Gasteiger partial charge in [0.05, 0.1) is 19.1 Å². The number of hydrogen-bond acceptors (Lipinski definition) is 2. The molecule has 3 aliphatic rings. The first-order chi connectivity index (χ1) is 10.5. The number of fused-ring (bicyclic) bond motifs is 2. The Labute approximate surface area is 152 Å². The van der Waals surface area contributed by atoms with Gasteiger partial charge in [-0.25, -0.2) is 0 Å². The summed E-state index contributed by atoms with van der Waals surface area (Å²) in [6, 6.07) is 0.289. The Hall–Kier alpha value is -0.250. The van der Waals surface area contributed by atoms with E-state index in [-0.39, 0.29) is 42.0 Å². The van der Waals surface area contributed by atoms with Gasteiger partial charge in [-0.3, -0.25) is 4.99 Å². The lowest BCUT2D eigenvalue weighted by atomic mass is 9.46. The molecule has 23 heavy (non-hydrogen) atoms. The SMILES string of the molecule is CCNC(=NCCC(F)(F)F)NC1C2CCOC2C12CCC2.I. The van der Waals surface area contributed by atoms with Gasteiger partial charge >= 0.3 is 6.18 Å². The van der Waals surface area contributed by atoms with Crippen LogP contribution >= 0.6 is 24.0 Å². The molecule has 8 heteroatoms. The molecule has 0 bridgehead atoms. The van der Waals surface area contributed by atoms with Crippen molar-refractivity contribution in [1.82, 2.24) is 10.6 Å². The Morgan fingerprint density at radius 3 is 2.65 bits per heavy atom. The lowest BCUT2D eigenvalue weighted by molar-refractivity contribution is -0.171. The number of rotatable bonds is 4. The number of guanidine groups is 1. The van der Waals surface area contributed by atoms with E-state index in [9.17, 15) is 13.2 Å². The zero-order valence-electron chi connectivity index (χ0n) is 13.3. The highest BCUT2D eigenvalue weighted by atomic mass is 127. The predicted octanol–water partition coefficient (Wildman–Crippen LogP) is 3.07. The van der Waals surface area contributed by atoms with Crippen LogP contribution in [-0.2, 0) is 4.74 Å². The molecule has 2 aliphatic carbocycles. The molecule has 0 aromatic heterocycles. The van der Waals surface area contributed by atoms with E-state index in [1.54, 1.807) is 0 Å². The molecular weight excluding hydrogens is 422 g/mol. The third-order valence-corrected chi connectivity index (χ3v) is 5.34. The van der Waals surface area contributed by atoms with Crippen molar-refractivity contribution in [3.8, 4) is 0 Å². The minimum atomic E-state index is -4.16. The van der Waals surface area contributed by atoms with Crippen molar-refractivity contribution in [2.24, 2.45) is 16.3 Å². The monoisotopic (exact) mass is 447 g/mol. The van der Waals surface area contributed by atoms with Gasteiger partial charge in [0.2, 0.25) is 0 Å². The summed E-state index contributed by atoms with van der Waals surface area (Å²) in [7, 11) is 0. The predicted molar refractivity (Wildman–Crippen MR) is 93.1 cm³/mol. The van der Waals surface area contributed by atoms with Crippen LogP contribution in [0, 0.1) is 11.3 Å². The number of ether oxygens (including phenoxy) is 1. The topological polar surface area (TPSA) is 45.7 Å². The Bertz CT molecular complexity index is 440. The van der Waals surface area contributed by atoms with E-state index in [2.05, 4.69) is 15.6 Å². The van der Waals surface area contributed by atoms with E-state index in [4.69, 9.17) is 4.74 Å². The summed E-state index contributed by atoms with van der Waals surface area (Å²) >= 11 is 0. The zero-order chi connectivity index (χ0) is 15.8. The fourth-order valence-corrected chi connectivity index (χ4v) is 4.22. The van der Waals surface area contributed by atoms with E-state index in [0.29, 0.717) is 24.5 Å². The largest absolute Gasteiger partial charge is 0.390 e. The first-order valence-corrected chi connectivity index (χ1v) is 8.19. The standard InChI is InChI=1S/C15H24F3N3O.HI/c1-2-19-13(20-8-7-15(16,17)18)21-11-10-4-9-22-12(10)14(11)5-3-6-14;/h10-12H,2-9H2,1H3,(H2,19,20,21);1H. The Morgan fingerprint density at radius 2 is 2.09 bits per heavy atom. The minimum absolute atomic E-state index is 0. The van der Waals surface area contributed by atoms with Crippen molar-refractivity contribution in [3.63, 3.8) is 0 Å². The van der Waals surface area contributed by atoms with Crippen LogP contribution in [0.4, 0.5) is 13.2 Å². The van der Waals surface area contributed by atoms with Crippen LogP contribution in [0.5, 0.6) is 0 Å². The molecule has 3 fully saturated rings. The summed E-state index contributed by atoms with van der Waals surface area (Å²) in [5.74, 6) is 0.986. The normalized spacial score (nSPS) is 31.7. The van der Waals surface area contributed by atoms with Crippen LogP contribution in [0.1, 0.15) is 39.0 Å². The van der Waals surface area contributed by atoms with E-state index in [0.717, 1.165) is 25.9 Å². The third-order valence-electron chi connectivity index (χ3n) is 5.34. The molecule has 1 saturated heterocycles. The molecule has 1 aliphatic heterocycles. The fraction of sp³-hybridized carbons (Fsp3) is 0.933. The van der Waals surface area contributed by atoms with E-state index in [1.807, 2.05) is 6.92 Å². The Morgan fingerprint density at radius 1 is 1.35 bits per heavy atom. The third kappa shape index (κ3) is 3.72. The molecule has 1 spiro atoms. The number of aliphatic imine (C=N–C) groups is 1. The Kier molecular flexibility index (Phi) is 6.08. The second-order valence-electron chi connectivity index (χ2n) is 6.58. The summed E-state index contributed by atoms with van der Waals surface area (Å²) in [4.78, 5) is 4.09. The molecule has 1 heterocycles. The van der Waals surface area contributed by atoms with Crippen molar-refractivity contribution < 1.29 is 17.9 Å². The summed E-state index contributed by atoms with van der Waals surface area (Å²) < 4.78 is 42.7. The van der Waals surface area contributed by atoms with Gasteiger partial charge in [0.25, 0.3) is 0 Å². The maximum Gasteiger partial charge on any atom is 0.390 e. The number of alkyl halides is 3. The van der Waals surface area contributed by atoms with Crippen molar-refractivity contribution in [3.05, 3.63) is 0 Å². The lowest BCUT2D eigenvalue weighted by Gasteiger charge is -2.63. The van der Waals surface area contributed by atoms with Crippen LogP contribution in [0.15, 0.2) is 4.99 Å². The molecule has 3 unspecified atom stereocenters. The molecule has 0 aromatic carbocycles. The highest BCUT2D eigenvalue weighted by Crippen LogP contribution is 2.62. The second kappa shape index (κ2) is 7.33. The van der Waals surface area contributed by atoms with Crippen LogP contribution in [0.2, 0.25) is 0 Å². The maximum absolute atomic E-state index is 12.3. The van der Waals surface area contributed by atoms with Gasteiger partial charge in [-0.2, -0.15) is 13.2 Å². The maximum atomic E-state index is 12.3. The molecule has 2 saturated carbocycles. The molecule has 3 atom stereocenters. The fourth-order valence-electron chi connectivity index (χ4n) is 4.22. The average Bonchev–Trinajstić information content (AvgIpc) is 2.77. The van der Waals surface area contributed by atoms with Crippen molar-refractivity contribution in [1.29, 1.82) is 0 Å². The number of halogens is 4. The highest BCUT2D eigenvalue weighted by molar-refractivity contribution is 14.0. The molecular formula is C15H25F3IN3O. The first-order valence-electron chi connectivity index (χ1n) is 8.19. The highest BCUT2D eigenvalue weighted by Gasteiger charge is 2.66. The molecule has 2 N–H and O–H groups in total. The lowest BCUT2D eigenvalue weighted by Crippen LogP contribution is -2.72. The molecule has 134 valence electrons. The van der Waals surface area contributed by atoms with Crippen LogP contribution in [-0.4, -0.2) is 44.0 Å². The van der Waals surface area contributed by atoms with Crippen LogP contribution < -0.4 is 10.6 Å². The van der Waals surface area contributed by atoms with Crippen molar-refractivity contribution in [2.75, 3.05) is 19.7 Å².